The number of para-hydroxylation sites is 2. The Balaban J connectivity index is 2.17. The molecule has 0 saturated carbocycles. The molecule has 6 heteroatoms. The summed E-state index contributed by atoms with van der Waals surface area (Å²) in [6.45, 7) is 5.58. The average molecular weight is 321 g/mol. The van der Waals surface area contributed by atoms with Gasteiger partial charge in [-0.15, -0.1) is 13.2 Å². The van der Waals surface area contributed by atoms with Crippen LogP contribution in [-0.4, -0.2) is 12.3 Å². The number of nitrogens with one attached hydrogen (secondary N) is 1. The van der Waals surface area contributed by atoms with E-state index in [1.165, 1.54) is 18.2 Å². The third-order valence-corrected chi connectivity index (χ3v) is 3.04. The number of ether oxygens (including phenoxy) is 1. The Kier molecular flexibility index (Phi) is 4.74. The molecule has 2 aromatic carbocycles. The van der Waals surface area contributed by atoms with E-state index in [9.17, 15) is 18.0 Å². The van der Waals surface area contributed by atoms with Crippen LogP contribution in [0.25, 0.3) is 5.57 Å². The first kappa shape index (κ1) is 16.6. The Labute approximate surface area is 131 Å². The molecule has 0 aliphatic heterocycles. The molecule has 23 heavy (non-hydrogen) atoms. The number of halogens is 3. The summed E-state index contributed by atoms with van der Waals surface area (Å²) in [5.41, 5.74) is 1.67. The molecule has 1 amide bonds. The highest BCUT2D eigenvalue weighted by atomic mass is 19.4. The summed E-state index contributed by atoms with van der Waals surface area (Å²) in [6.07, 6.45) is -4.84. The first-order valence-electron chi connectivity index (χ1n) is 6.68. The topological polar surface area (TPSA) is 38.3 Å². The van der Waals surface area contributed by atoms with Crippen molar-refractivity contribution in [3.05, 3.63) is 66.2 Å². The van der Waals surface area contributed by atoms with Gasteiger partial charge in [-0.2, -0.15) is 0 Å². The van der Waals surface area contributed by atoms with Gasteiger partial charge in [0.25, 0.3) is 5.91 Å². The molecule has 120 valence electrons. The monoisotopic (exact) mass is 321 g/mol. The van der Waals surface area contributed by atoms with Crippen LogP contribution in [0.2, 0.25) is 0 Å². The van der Waals surface area contributed by atoms with Gasteiger partial charge >= 0.3 is 6.36 Å². The molecule has 0 aliphatic rings. The van der Waals surface area contributed by atoms with Gasteiger partial charge in [0, 0.05) is 5.57 Å². The number of anilines is 1. The number of benzene rings is 2. The minimum absolute atomic E-state index is 0.0805. The zero-order valence-electron chi connectivity index (χ0n) is 12.3. The number of hydrogen-bond acceptors (Lipinski definition) is 2. The lowest BCUT2D eigenvalue weighted by Gasteiger charge is -2.14. The molecule has 0 radical (unpaired) electrons. The highest BCUT2D eigenvalue weighted by molar-refractivity contribution is 6.24. The van der Waals surface area contributed by atoms with Crippen LogP contribution in [-0.2, 0) is 4.79 Å². The van der Waals surface area contributed by atoms with Crippen LogP contribution in [0.3, 0.4) is 0 Å². The number of hydrogen-bond donors (Lipinski definition) is 1. The van der Waals surface area contributed by atoms with Gasteiger partial charge in [0.2, 0.25) is 0 Å². The van der Waals surface area contributed by atoms with E-state index in [-0.39, 0.29) is 11.3 Å². The van der Waals surface area contributed by atoms with Gasteiger partial charge in [0.1, 0.15) is 0 Å². The first-order chi connectivity index (χ1) is 10.8. The molecular formula is C17H14F3NO2. The largest absolute Gasteiger partial charge is 0.573 e. The average Bonchev–Trinajstić information content (AvgIpc) is 2.48. The molecule has 0 unspecified atom stereocenters. The Morgan fingerprint density at radius 3 is 2.30 bits per heavy atom. The Morgan fingerprint density at radius 2 is 1.70 bits per heavy atom. The zero-order valence-corrected chi connectivity index (χ0v) is 12.3. The predicted octanol–water partition coefficient (Wildman–Crippen LogP) is 4.55. The lowest BCUT2D eigenvalue weighted by Crippen LogP contribution is -2.19. The van der Waals surface area contributed by atoms with Gasteiger partial charge < -0.3 is 10.1 Å². The van der Waals surface area contributed by atoms with E-state index in [4.69, 9.17) is 0 Å². The maximum absolute atomic E-state index is 12.4. The first-order valence-corrected chi connectivity index (χ1v) is 6.68. The smallest absolute Gasteiger partial charge is 0.404 e. The highest BCUT2D eigenvalue weighted by Crippen LogP contribution is 2.30. The molecule has 2 rings (SSSR count). The molecule has 1 N–H and O–H groups in total. The summed E-state index contributed by atoms with van der Waals surface area (Å²) >= 11 is 0. The Morgan fingerprint density at radius 1 is 1.09 bits per heavy atom. The van der Waals surface area contributed by atoms with Crippen LogP contribution in [0.5, 0.6) is 5.75 Å². The summed E-state index contributed by atoms with van der Waals surface area (Å²) in [6, 6.07) is 12.4. The van der Waals surface area contributed by atoms with Gasteiger partial charge in [-0.05, 0) is 24.6 Å². The second kappa shape index (κ2) is 6.56. The molecule has 0 atom stereocenters. The molecule has 2 aromatic rings. The number of carbonyl (C=O) groups is 1. The van der Waals surface area contributed by atoms with E-state index in [0.29, 0.717) is 5.56 Å². The van der Waals surface area contributed by atoms with Gasteiger partial charge in [0.15, 0.2) is 5.75 Å². The minimum atomic E-state index is -4.84. The molecule has 0 spiro atoms. The number of rotatable bonds is 4. The third-order valence-electron chi connectivity index (χ3n) is 3.04. The quantitative estimate of drug-likeness (QED) is 0.839. The Hall–Kier alpha value is -2.76. The van der Waals surface area contributed by atoms with Crippen molar-refractivity contribution >= 4 is 17.2 Å². The molecule has 0 bridgehead atoms. The SMILES string of the molecule is C=C(C(=O)Nc1ccccc1OC(F)(F)F)c1ccc(C)cc1. The molecule has 0 aliphatic carbocycles. The van der Waals surface area contributed by atoms with Crippen molar-refractivity contribution in [3.8, 4) is 5.75 Å². The minimum Gasteiger partial charge on any atom is -0.404 e. The van der Waals surface area contributed by atoms with E-state index < -0.39 is 18.0 Å². The molecule has 3 nitrogen and oxygen atoms in total. The maximum atomic E-state index is 12.4. The maximum Gasteiger partial charge on any atom is 0.573 e. The fourth-order valence-electron chi connectivity index (χ4n) is 1.87. The van der Waals surface area contributed by atoms with E-state index in [2.05, 4.69) is 16.6 Å². The molecule has 0 aromatic heterocycles. The van der Waals surface area contributed by atoms with Crippen LogP contribution in [0.15, 0.2) is 55.1 Å². The van der Waals surface area contributed by atoms with Crippen molar-refractivity contribution in [2.45, 2.75) is 13.3 Å². The van der Waals surface area contributed by atoms with Crippen LogP contribution in [0, 0.1) is 6.92 Å². The van der Waals surface area contributed by atoms with Crippen LogP contribution in [0.1, 0.15) is 11.1 Å². The molecule has 0 fully saturated rings. The number of aryl methyl sites for hydroxylation is 1. The second-order valence-corrected chi connectivity index (χ2v) is 4.84. The number of amides is 1. The number of carbonyl (C=O) groups excluding carboxylic acids is 1. The van der Waals surface area contributed by atoms with Crippen molar-refractivity contribution in [2.24, 2.45) is 0 Å². The van der Waals surface area contributed by atoms with Crippen molar-refractivity contribution in [1.29, 1.82) is 0 Å². The van der Waals surface area contributed by atoms with Gasteiger partial charge in [0.05, 0.1) is 5.69 Å². The molecule has 0 heterocycles. The summed E-state index contributed by atoms with van der Waals surface area (Å²) in [5, 5.41) is 2.38. The highest BCUT2D eigenvalue weighted by Gasteiger charge is 2.32. The van der Waals surface area contributed by atoms with E-state index >= 15 is 0 Å². The summed E-state index contributed by atoms with van der Waals surface area (Å²) < 4.78 is 41.0. The summed E-state index contributed by atoms with van der Waals surface area (Å²) in [4.78, 5) is 12.2. The Bertz CT molecular complexity index is 721. The van der Waals surface area contributed by atoms with Crippen molar-refractivity contribution in [3.63, 3.8) is 0 Å². The van der Waals surface area contributed by atoms with Crippen molar-refractivity contribution < 1.29 is 22.7 Å². The van der Waals surface area contributed by atoms with E-state index in [1.54, 1.807) is 12.1 Å². The lowest BCUT2D eigenvalue weighted by atomic mass is 10.1. The van der Waals surface area contributed by atoms with Crippen molar-refractivity contribution in [1.82, 2.24) is 0 Å². The van der Waals surface area contributed by atoms with Gasteiger partial charge in [-0.25, -0.2) is 0 Å². The fraction of sp³-hybridized carbons (Fsp3) is 0.118. The van der Waals surface area contributed by atoms with Crippen molar-refractivity contribution in [2.75, 3.05) is 5.32 Å². The van der Waals surface area contributed by atoms with Gasteiger partial charge in [-0.3, -0.25) is 4.79 Å². The van der Waals surface area contributed by atoms with E-state index in [0.717, 1.165) is 11.6 Å². The third kappa shape index (κ3) is 4.60. The zero-order chi connectivity index (χ0) is 17.0. The summed E-state index contributed by atoms with van der Waals surface area (Å²) in [7, 11) is 0. The van der Waals surface area contributed by atoms with Crippen LogP contribution < -0.4 is 10.1 Å². The molecular weight excluding hydrogens is 307 g/mol. The van der Waals surface area contributed by atoms with Gasteiger partial charge in [-0.1, -0.05) is 48.5 Å². The fourth-order valence-corrected chi connectivity index (χ4v) is 1.87. The summed E-state index contributed by atoms with van der Waals surface area (Å²) in [5.74, 6) is -1.09. The predicted molar refractivity (Wildman–Crippen MR) is 82.0 cm³/mol. The number of alkyl halides is 3. The standard InChI is InChI=1S/C17H14F3NO2/c1-11-7-9-13(10-8-11)12(2)16(22)21-14-5-3-4-6-15(14)23-17(18,19)20/h3-10H,2H2,1H3,(H,21,22). The van der Waals surface area contributed by atoms with E-state index in [1.807, 2.05) is 19.1 Å². The molecule has 0 saturated heterocycles. The second-order valence-electron chi connectivity index (χ2n) is 4.84. The van der Waals surface area contributed by atoms with Crippen LogP contribution >= 0.6 is 0 Å². The normalized spacial score (nSPS) is 11.0. The lowest BCUT2D eigenvalue weighted by molar-refractivity contribution is -0.274. The van der Waals surface area contributed by atoms with Crippen LogP contribution in [0.4, 0.5) is 18.9 Å².